The van der Waals surface area contributed by atoms with Gasteiger partial charge in [-0.25, -0.2) is 4.98 Å². The number of aryl methyl sites for hydroxylation is 1. The molecule has 0 atom stereocenters. The Morgan fingerprint density at radius 2 is 2.24 bits per heavy atom. The number of anilines is 1. The van der Waals surface area contributed by atoms with Crippen molar-refractivity contribution in [2.24, 2.45) is 12.0 Å². The number of nitrogens with zero attached hydrogens (tertiary/aromatic N) is 4. The van der Waals surface area contributed by atoms with E-state index < -0.39 is 0 Å². The SMILES string of the molecule is Cn1ccsc1=NC(=O)c1cccnc1N1CCOCC1. The minimum absolute atomic E-state index is 0.261. The third-order valence-corrected chi connectivity index (χ3v) is 4.13. The first kappa shape index (κ1) is 14.0. The van der Waals surface area contributed by atoms with Crippen LogP contribution in [0.5, 0.6) is 0 Å². The Morgan fingerprint density at radius 1 is 1.43 bits per heavy atom. The summed E-state index contributed by atoms with van der Waals surface area (Å²) in [5.74, 6) is 0.427. The van der Waals surface area contributed by atoms with E-state index in [0.29, 0.717) is 29.4 Å². The van der Waals surface area contributed by atoms with Crippen molar-refractivity contribution in [1.29, 1.82) is 0 Å². The van der Waals surface area contributed by atoms with Crippen LogP contribution in [0, 0.1) is 0 Å². The third-order valence-electron chi connectivity index (χ3n) is 3.28. The van der Waals surface area contributed by atoms with E-state index in [1.165, 1.54) is 11.3 Å². The van der Waals surface area contributed by atoms with Gasteiger partial charge in [0.2, 0.25) is 0 Å². The van der Waals surface area contributed by atoms with Crippen LogP contribution < -0.4 is 9.70 Å². The summed E-state index contributed by atoms with van der Waals surface area (Å²) in [5.41, 5.74) is 0.535. The number of pyridine rings is 1. The highest BCUT2D eigenvalue weighted by molar-refractivity contribution is 7.07. The number of morpholine rings is 1. The van der Waals surface area contributed by atoms with E-state index >= 15 is 0 Å². The van der Waals surface area contributed by atoms with Gasteiger partial charge in [0.05, 0.1) is 18.8 Å². The van der Waals surface area contributed by atoms with Gasteiger partial charge >= 0.3 is 0 Å². The molecule has 110 valence electrons. The van der Waals surface area contributed by atoms with Crippen molar-refractivity contribution in [3.8, 4) is 0 Å². The van der Waals surface area contributed by atoms with Crippen LogP contribution >= 0.6 is 11.3 Å². The molecule has 1 saturated heterocycles. The molecule has 21 heavy (non-hydrogen) atoms. The molecule has 7 heteroatoms. The first-order valence-electron chi connectivity index (χ1n) is 6.72. The summed E-state index contributed by atoms with van der Waals surface area (Å²) in [6.07, 6.45) is 3.58. The van der Waals surface area contributed by atoms with E-state index in [2.05, 4.69) is 14.9 Å². The lowest BCUT2D eigenvalue weighted by molar-refractivity contribution is 0.0995. The van der Waals surface area contributed by atoms with Gasteiger partial charge in [0.1, 0.15) is 5.82 Å². The number of rotatable bonds is 2. The number of amides is 1. The molecular weight excluding hydrogens is 288 g/mol. The van der Waals surface area contributed by atoms with E-state index in [0.717, 1.165) is 13.1 Å². The van der Waals surface area contributed by atoms with E-state index in [9.17, 15) is 4.79 Å². The Hall–Kier alpha value is -1.99. The van der Waals surface area contributed by atoms with E-state index in [4.69, 9.17) is 4.74 Å². The quantitative estimate of drug-likeness (QED) is 0.832. The van der Waals surface area contributed by atoms with Crippen molar-refractivity contribution in [1.82, 2.24) is 9.55 Å². The standard InChI is InChI=1S/C14H16N4O2S/c1-17-7-10-21-14(17)16-13(19)11-3-2-4-15-12(11)18-5-8-20-9-6-18/h2-4,7,10H,5-6,8-9H2,1H3. The molecule has 0 aliphatic carbocycles. The lowest BCUT2D eigenvalue weighted by Crippen LogP contribution is -2.37. The molecule has 6 nitrogen and oxygen atoms in total. The molecule has 3 heterocycles. The number of carbonyl (C=O) groups is 1. The van der Waals surface area contributed by atoms with Gasteiger partial charge in [0.15, 0.2) is 4.80 Å². The number of hydrogen-bond donors (Lipinski definition) is 0. The van der Waals surface area contributed by atoms with Gasteiger partial charge in [-0.2, -0.15) is 4.99 Å². The number of ether oxygens (including phenoxy) is 1. The summed E-state index contributed by atoms with van der Waals surface area (Å²) in [5, 5.41) is 1.90. The molecule has 0 saturated carbocycles. The summed E-state index contributed by atoms with van der Waals surface area (Å²) in [6, 6.07) is 3.54. The third kappa shape index (κ3) is 3.03. The predicted octanol–water partition coefficient (Wildman–Crippen LogP) is 1.06. The van der Waals surface area contributed by atoms with Crippen LogP contribution in [0.25, 0.3) is 0 Å². The average molecular weight is 304 g/mol. The van der Waals surface area contributed by atoms with Gasteiger partial charge in [-0.3, -0.25) is 4.79 Å². The largest absolute Gasteiger partial charge is 0.378 e. The van der Waals surface area contributed by atoms with E-state index in [-0.39, 0.29) is 5.91 Å². The van der Waals surface area contributed by atoms with Crippen molar-refractivity contribution in [3.05, 3.63) is 40.3 Å². The lowest BCUT2D eigenvalue weighted by Gasteiger charge is -2.28. The van der Waals surface area contributed by atoms with E-state index in [1.807, 2.05) is 23.2 Å². The maximum Gasteiger partial charge on any atom is 0.283 e. The molecule has 1 aliphatic rings. The van der Waals surface area contributed by atoms with E-state index in [1.54, 1.807) is 18.3 Å². The predicted molar refractivity (Wildman–Crippen MR) is 80.5 cm³/mol. The van der Waals surface area contributed by atoms with Crippen LogP contribution in [0.3, 0.4) is 0 Å². The molecule has 0 radical (unpaired) electrons. The molecule has 1 amide bonds. The highest BCUT2D eigenvalue weighted by atomic mass is 32.1. The molecule has 3 rings (SSSR count). The highest BCUT2D eigenvalue weighted by Crippen LogP contribution is 2.19. The van der Waals surface area contributed by atoms with Crippen LogP contribution in [0.2, 0.25) is 0 Å². The number of aromatic nitrogens is 2. The van der Waals surface area contributed by atoms with Crippen LogP contribution in [0.15, 0.2) is 34.9 Å². The molecule has 0 spiro atoms. The zero-order valence-corrected chi connectivity index (χ0v) is 12.5. The van der Waals surface area contributed by atoms with Crippen LogP contribution in [0.1, 0.15) is 10.4 Å². The van der Waals surface area contributed by atoms with Gasteiger partial charge in [-0.05, 0) is 12.1 Å². The van der Waals surface area contributed by atoms with Gasteiger partial charge < -0.3 is 14.2 Å². The second kappa shape index (κ2) is 6.19. The fourth-order valence-corrected chi connectivity index (χ4v) is 2.90. The van der Waals surface area contributed by atoms with Crippen molar-refractivity contribution in [2.75, 3.05) is 31.2 Å². The minimum atomic E-state index is -0.261. The Balaban J connectivity index is 1.95. The van der Waals surface area contributed by atoms with Crippen molar-refractivity contribution < 1.29 is 9.53 Å². The molecule has 0 unspecified atom stereocenters. The van der Waals surface area contributed by atoms with Crippen LogP contribution in [0.4, 0.5) is 5.82 Å². The fourth-order valence-electron chi connectivity index (χ4n) is 2.17. The van der Waals surface area contributed by atoms with Gasteiger partial charge in [-0.15, -0.1) is 11.3 Å². The normalized spacial score (nSPS) is 16.2. The Labute approximate surface area is 126 Å². The molecule has 1 fully saturated rings. The van der Waals surface area contributed by atoms with Crippen molar-refractivity contribution >= 4 is 23.1 Å². The molecule has 2 aromatic rings. The highest BCUT2D eigenvalue weighted by Gasteiger charge is 2.19. The molecule has 0 bridgehead atoms. The number of hydrogen-bond acceptors (Lipinski definition) is 5. The summed E-state index contributed by atoms with van der Waals surface area (Å²) >= 11 is 1.44. The number of carbonyl (C=O) groups excluding carboxylic acids is 1. The monoisotopic (exact) mass is 304 g/mol. The summed E-state index contributed by atoms with van der Waals surface area (Å²) in [7, 11) is 1.87. The minimum Gasteiger partial charge on any atom is -0.378 e. The summed E-state index contributed by atoms with van der Waals surface area (Å²) in [6.45, 7) is 2.79. The van der Waals surface area contributed by atoms with Crippen molar-refractivity contribution in [3.63, 3.8) is 0 Å². The first-order chi connectivity index (χ1) is 10.3. The molecule has 1 aliphatic heterocycles. The number of thiazole rings is 1. The Bertz CT molecular complexity index is 701. The topological polar surface area (TPSA) is 59.7 Å². The molecule has 0 N–H and O–H groups in total. The smallest absolute Gasteiger partial charge is 0.283 e. The maximum atomic E-state index is 12.5. The second-order valence-corrected chi connectivity index (χ2v) is 5.56. The van der Waals surface area contributed by atoms with Gasteiger partial charge in [0.25, 0.3) is 5.91 Å². The van der Waals surface area contributed by atoms with Crippen LogP contribution in [-0.2, 0) is 11.8 Å². The average Bonchev–Trinajstić information content (AvgIpc) is 2.93. The summed E-state index contributed by atoms with van der Waals surface area (Å²) < 4.78 is 7.17. The Kier molecular flexibility index (Phi) is 4.12. The van der Waals surface area contributed by atoms with Gasteiger partial charge in [0, 0.05) is 37.9 Å². The molecule has 0 aromatic carbocycles. The summed E-state index contributed by atoms with van der Waals surface area (Å²) in [4.78, 5) is 23.8. The van der Waals surface area contributed by atoms with Crippen molar-refractivity contribution in [2.45, 2.75) is 0 Å². The Morgan fingerprint density at radius 3 is 2.95 bits per heavy atom. The zero-order valence-electron chi connectivity index (χ0n) is 11.7. The molecular formula is C14H16N4O2S. The maximum absolute atomic E-state index is 12.5. The zero-order chi connectivity index (χ0) is 14.7. The first-order valence-corrected chi connectivity index (χ1v) is 7.60. The fraction of sp³-hybridized carbons (Fsp3) is 0.357. The lowest BCUT2D eigenvalue weighted by atomic mass is 10.2. The van der Waals surface area contributed by atoms with Crippen LogP contribution in [-0.4, -0.2) is 41.8 Å². The van der Waals surface area contributed by atoms with Gasteiger partial charge in [-0.1, -0.05) is 0 Å². The molecule has 2 aromatic heterocycles. The second-order valence-electron chi connectivity index (χ2n) is 4.69.